The zero-order valence-corrected chi connectivity index (χ0v) is 15.2. The van der Waals surface area contributed by atoms with Gasteiger partial charge < -0.3 is 14.5 Å². The minimum Gasteiger partial charge on any atom is -0.459 e. The molecule has 2 heterocycles. The Morgan fingerprint density at radius 2 is 2.00 bits per heavy atom. The highest BCUT2D eigenvalue weighted by Gasteiger charge is 2.39. The number of esters is 1. The minimum absolute atomic E-state index is 0.158. The summed E-state index contributed by atoms with van der Waals surface area (Å²) in [4.78, 5) is 33.9. The van der Waals surface area contributed by atoms with Gasteiger partial charge in [0, 0.05) is 6.42 Å². The highest BCUT2D eigenvalue weighted by atomic mass is 16.6. The Labute approximate surface area is 152 Å². The molecule has 7 nitrogen and oxygen atoms in total. The Balaban J connectivity index is 1.74. The van der Waals surface area contributed by atoms with Gasteiger partial charge in [0.1, 0.15) is 18.2 Å². The van der Waals surface area contributed by atoms with Crippen LogP contribution in [0, 0.1) is 0 Å². The summed E-state index contributed by atoms with van der Waals surface area (Å²) in [5.74, 6) is -0.464. The quantitative estimate of drug-likeness (QED) is 0.854. The summed E-state index contributed by atoms with van der Waals surface area (Å²) < 4.78 is 10.9. The van der Waals surface area contributed by atoms with Crippen molar-refractivity contribution in [3.8, 4) is 0 Å². The molecule has 1 N–H and O–H groups in total. The van der Waals surface area contributed by atoms with E-state index in [2.05, 4.69) is 9.97 Å². The maximum atomic E-state index is 12.7. The van der Waals surface area contributed by atoms with E-state index in [-0.39, 0.29) is 13.2 Å². The van der Waals surface area contributed by atoms with Crippen molar-refractivity contribution < 1.29 is 19.1 Å². The highest BCUT2D eigenvalue weighted by Crippen LogP contribution is 2.24. The van der Waals surface area contributed by atoms with E-state index in [1.807, 2.05) is 30.3 Å². The number of ether oxygens (including phenoxy) is 2. The molecule has 1 aliphatic heterocycles. The lowest BCUT2D eigenvalue weighted by Gasteiger charge is -2.34. The van der Waals surface area contributed by atoms with Gasteiger partial charge in [0.25, 0.3) is 0 Å². The molecule has 26 heavy (non-hydrogen) atoms. The van der Waals surface area contributed by atoms with Gasteiger partial charge >= 0.3 is 12.1 Å². The normalized spacial score (nSPS) is 16.7. The Hall–Kier alpha value is -2.83. The fourth-order valence-corrected chi connectivity index (χ4v) is 2.78. The van der Waals surface area contributed by atoms with E-state index in [1.54, 1.807) is 27.1 Å². The predicted octanol–water partition coefficient (Wildman–Crippen LogP) is 2.81. The van der Waals surface area contributed by atoms with Crippen molar-refractivity contribution in [1.29, 1.82) is 0 Å². The van der Waals surface area contributed by atoms with Crippen LogP contribution in [0.3, 0.4) is 0 Å². The van der Waals surface area contributed by atoms with Crippen LogP contribution in [-0.4, -0.2) is 38.6 Å². The van der Waals surface area contributed by atoms with Gasteiger partial charge in [0.15, 0.2) is 0 Å². The van der Waals surface area contributed by atoms with Gasteiger partial charge in [-0.15, -0.1) is 0 Å². The molecule has 0 aliphatic carbocycles. The molecule has 7 heteroatoms. The summed E-state index contributed by atoms with van der Waals surface area (Å²) in [6, 6.07) is 8.66. The van der Waals surface area contributed by atoms with E-state index >= 15 is 0 Å². The van der Waals surface area contributed by atoms with Crippen molar-refractivity contribution in [2.45, 2.75) is 52.0 Å². The number of aromatic nitrogens is 2. The number of nitrogens with zero attached hydrogens (tertiary/aromatic N) is 2. The van der Waals surface area contributed by atoms with Crippen molar-refractivity contribution in [3.63, 3.8) is 0 Å². The van der Waals surface area contributed by atoms with Crippen LogP contribution in [0.25, 0.3) is 0 Å². The van der Waals surface area contributed by atoms with E-state index in [0.29, 0.717) is 6.42 Å². The van der Waals surface area contributed by atoms with Gasteiger partial charge in [-0.2, -0.15) is 0 Å². The Morgan fingerprint density at radius 1 is 1.27 bits per heavy atom. The molecule has 2 aromatic rings. The summed E-state index contributed by atoms with van der Waals surface area (Å²) in [5, 5.41) is 0. The standard InChI is InChI=1S/C19H23N3O4/c1-19(2,3)26-18(24)22-10-15-14(20-12-21-15)9-16(22)17(23)25-11-13-7-5-4-6-8-13/h4-8,12,16H,9-11H2,1-3H3,(H,20,21). The van der Waals surface area contributed by atoms with Gasteiger partial charge in [-0.25, -0.2) is 14.6 Å². The largest absolute Gasteiger partial charge is 0.459 e. The SMILES string of the molecule is CC(C)(C)OC(=O)N1Cc2[nH]cnc2CC1C(=O)OCc1ccccc1. The number of benzene rings is 1. The molecule has 138 valence electrons. The van der Waals surface area contributed by atoms with Crippen molar-refractivity contribution >= 4 is 12.1 Å². The first kappa shape index (κ1) is 18.0. The third-order valence-electron chi connectivity index (χ3n) is 4.02. The van der Waals surface area contributed by atoms with E-state index in [0.717, 1.165) is 17.0 Å². The van der Waals surface area contributed by atoms with Crippen LogP contribution in [0.15, 0.2) is 36.7 Å². The summed E-state index contributed by atoms with van der Waals surface area (Å²) in [7, 11) is 0. The van der Waals surface area contributed by atoms with Gasteiger partial charge in [0.05, 0.1) is 24.3 Å². The monoisotopic (exact) mass is 357 g/mol. The molecule has 1 atom stereocenters. The second-order valence-corrected chi connectivity index (χ2v) is 7.25. The lowest BCUT2D eigenvalue weighted by atomic mass is 10.0. The molecule has 0 radical (unpaired) electrons. The number of fused-ring (bicyclic) bond motifs is 1. The number of imidazole rings is 1. The molecule has 1 unspecified atom stereocenters. The van der Waals surface area contributed by atoms with Crippen molar-refractivity contribution in [3.05, 3.63) is 53.6 Å². The lowest BCUT2D eigenvalue weighted by Crippen LogP contribution is -2.50. The Morgan fingerprint density at radius 3 is 2.69 bits per heavy atom. The Kier molecular flexibility index (Phi) is 4.97. The first-order valence-electron chi connectivity index (χ1n) is 8.55. The summed E-state index contributed by atoms with van der Waals surface area (Å²) in [5.41, 5.74) is 1.82. The van der Waals surface area contributed by atoms with E-state index in [9.17, 15) is 9.59 Å². The fraction of sp³-hybridized carbons (Fsp3) is 0.421. The molecule has 1 amide bonds. The molecular weight excluding hydrogens is 334 g/mol. The number of hydrogen-bond donors (Lipinski definition) is 1. The molecule has 0 spiro atoms. The van der Waals surface area contributed by atoms with Crippen LogP contribution in [-0.2, 0) is 33.8 Å². The molecule has 0 saturated carbocycles. The zero-order chi connectivity index (χ0) is 18.7. The molecule has 0 bridgehead atoms. The van der Waals surface area contributed by atoms with Gasteiger partial charge in [-0.3, -0.25) is 4.90 Å². The number of amides is 1. The van der Waals surface area contributed by atoms with Gasteiger partial charge in [-0.05, 0) is 26.3 Å². The average molecular weight is 357 g/mol. The maximum absolute atomic E-state index is 12.7. The summed E-state index contributed by atoms with van der Waals surface area (Å²) >= 11 is 0. The first-order valence-corrected chi connectivity index (χ1v) is 8.55. The minimum atomic E-state index is -0.760. The number of nitrogens with one attached hydrogen (secondary N) is 1. The number of aromatic amines is 1. The Bertz CT molecular complexity index is 780. The molecule has 1 aromatic carbocycles. The molecule has 1 aromatic heterocycles. The third-order valence-corrected chi connectivity index (χ3v) is 4.02. The molecule has 0 fully saturated rings. The number of carbonyl (C=O) groups excluding carboxylic acids is 2. The second-order valence-electron chi connectivity index (χ2n) is 7.25. The maximum Gasteiger partial charge on any atom is 0.411 e. The topological polar surface area (TPSA) is 84.5 Å². The van der Waals surface area contributed by atoms with E-state index < -0.39 is 23.7 Å². The molecule has 3 rings (SSSR count). The number of carbonyl (C=O) groups is 2. The van der Waals surface area contributed by atoms with Crippen molar-refractivity contribution in [2.24, 2.45) is 0 Å². The molecule has 1 aliphatic rings. The average Bonchev–Trinajstić information content (AvgIpc) is 3.05. The van der Waals surface area contributed by atoms with Crippen LogP contribution < -0.4 is 0 Å². The zero-order valence-electron chi connectivity index (χ0n) is 15.2. The van der Waals surface area contributed by atoms with Crippen LogP contribution in [0.1, 0.15) is 37.7 Å². The smallest absolute Gasteiger partial charge is 0.411 e. The van der Waals surface area contributed by atoms with E-state index in [4.69, 9.17) is 9.47 Å². The van der Waals surface area contributed by atoms with Crippen LogP contribution in [0.5, 0.6) is 0 Å². The van der Waals surface area contributed by atoms with Crippen LogP contribution in [0.2, 0.25) is 0 Å². The van der Waals surface area contributed by atoms with Crippen molar-refractivity contribution in [1.82, 2.24) is 14.9 Å². The van der Waals surface area contributed by atoms with Gasteiger partial charge in [-0.1, -0.05) is 30.3 Å². The number of hydrogen-bond acceptors (Lipinski definition) is 5. The van der Waals surface area contributed by atoms with Gasteiger partial charge in [0.2, 0.25) is 0 Å². The summed E-state index contributed by atoms with van der Waals surface area (Å²) in [6.45, 7) is 5.76. The summed E-state index contributed by atoms with van der Waals surface area (Å²) in [6.07, 6.45) is 1.32. The third kappa shape index (κ3) is 4.22. The van der Waals surface area contributed by atoms with Crippen LogP contribution >= 0.6 is 0 Å². The highest BCUT2D eigenvalue weighted by molar-refractivity contribution is 5.82. The molecular formula is C19H23N3O4. The number of H-pyrrole nitrogens is 1. The lowest BCUT2D eigenvalue weighted by molar-refractivity contribution is -0.152. The number of rotatable bonds is 3. The van der Waals surface area contributed by atoms with Crippen LogP contribution in [0.4, 0.5) is 4.79 Å². The first-order chi connectivity index (χ1) is 12.3. The van der Waals surface area contributed by atoms with Crippen molar-refractivity contribution in [2.75, 3.05) is 0 Å². The van der Waals surface area contributed by atoms with E-state index in [1.165, 1.54) is 4.90 Å². The molecule has 0 saturated heterocycles. The second kappa shape index (κ2) is 7.19. The fourth-order valence-electron chi connectivity index (χ4n) is 2.78. The predicted molar refractivity (Wildman–Crippen MR) is 94.1 cm³/mol.